The zero-order chi connectivity index (χ0) is 24.4. The second-order valence-corrected chi connectivity index (χ2v) is 8.25. The number of halogens is 4. The minimum absolute atomic E-state index is 0.0255. The molecule has 4 aromatic rings. The summed E-state index contributed by atoms with van der Waals surface area (Å²) in [5.41, 5.74) is 0.0641. The summed E-state index contributed by atoms with van der Waals surface area (Å²) < 4.78 is 61.0. The van der Waals surface area contributed by atoms with Gasteiger partial charge in [0.15, 0.2) is 5.43 Å². The Balaban J connectivity index is 1.83. The molecule has 2 heterocycles. The number of nitrogens with zero attached hydrogens (tertiary/aromatic N) is 1. The molecule has 1 aliphatic rings. The van der Waals surface area contributed by atoms with Crippen molar-refractivity contribution in [2.45, 2.75) is 26.1 Å². The van der Waals surface area contributed by atoms with Gasteiger partial charge < -0.3 is 4.42 Å². The Morgan fingerprint density at radius 1 is 0.912 bits per heavy atom. The maximum Gasteiger partial charge on any atom is 0.416 e. The molecule has 8 heteroatoms. The van der Waals surface area contributed by atoms with Crippen LogP contribution < -0.4 is 10.3 Å². The molecule has 1 amide bonds. The van der Waals surface area contributed by atoms with E-state index in [1.54, 1.807) is 12.1 Å². The number of amides is 1. The van der Waals surface area contributed by atoms with Gasteiger partial charge in [0.05, 0.1) is 22.6 Å². The van der Waals surface area contributed by atoms with E-state index in [4.69, 9.17) is 4.42 Å². The third-order valence-corrected chi connectivity index (χ3v) is 6.14. The van der Waals surface area contributed by atoms with E-state index < -0.39 is 34.9 Å². The highest BCUT2D eigenvalue weighted by Crippen LogP contribution is 2.43. The summed E-state index contributed by atoms with van der Waals surface area (Å²) in [5, 5.41) is 0.210. The third-order valence-electron chi connectivity index (χ3n) is 6.14. The van der Waals surface area contributed by atoms with Crippen LogP contribution >= 0.6 is 0 Å². The highest BCUT2D eigenvalue weighted by atomic mass is 19.4. The molecule has 0 radical (unpaired) electrons. The summed E-state index contributed by atoms with van der Waals surface area (Å²) >= 11 is 0. The number of fused-ring (bicyclic) bond motifs is 2. The van der Waals surface area contributed by atoms with Crippen molar-refractivity contribution in [1.29, 1.82) is 0 Å². The Hall–Kier alpha value is -3.94. The van der Waals surface area contributed by atoms with Crippen molar-refractivity contribution in [1.82, 2.24) is 0 Å². The van der Waals surface area contributed by atoms with E-state index in [1.807, 2.05) is 13.8 Å². The van der Waals surface area contributed by atoms with E-state index in [0.29, 0.717) is 0 Å². The number of aryl methyl sites for hydroxylation is 2. The molecule has 34 heavy (non-hydrogen) atoms. The second-order valence-electron chi connectivity index (χ2n) is 8.25. The molecular weight excluding hydrogens is 450 g/mol. The fourth-order valence-corrected chi connectivity index (χ4v) is 4.32. The molecule has 172 valence electrons. The van der Waals surface area contributed by atoms with Gasteiger partial charge in [-0.2, -0.15) is 13.2 Å². The maximum atomic E-state index is 14.9. The number of carbonyl (C=O) groups excluding carboxylic acids is 1. The molecule has 0 fully saturated rings. The topological polar surface area (TPSA) is 50.5 Å². The average molecular weight is 467 g/mol. The smallest absolute Gasteiger partial charge is 0.416 e. The molecular formula is C26H17F4NO3. The monoisotopic (exact) mass is 467 g/mol. The normalized spacial score (nSPS) is 15.8. The number of benzene rings is 3. The first kappa shape index (κ1) is 21.9. The van der Waals surface area contributed by atoms with E-state index in [9.17, 15) is 27.2 Å². The van der Waals surface area contributed by atoms with E-state index in [-0.39, 0.29) is 33.5 Å². The van der Waals surface area contributed by atoms with Crippen LogP contribution in [0.25, 0.3) is 11.0 Å². The molecule has 1 unspecified atom stereocenters. The van der Waals surface area contributed by atoms with E-state index in [0.717, 1.165) is 40.3 Å². The molecule has 0 saturated heterocycles. The first-order valence-electron chi connectivity index (χ1n) is 10.4. The predicted molar refractivity (Wildman–Crippen MR) is 118 cm³/mol. The van der Waals surface area contributed by atoms with E-state index in [1.165, 1.54) is 24.3 Å². The number of carbonyl (C=O) groups is 1. The first-order chi connectivity index (χ1) is 16.1. The van der Waals surface area contributed by atoms with Crippen LogP contribution in [0.4, 0.5) is 23.2 Å². The van der Waals surface area contributed by atoms with Crippen molar-refractivity contribution >= 4 is 22.6 Å². The highest BCUT2D eigenvalue weighted by molar-refractivity contribution is 6.10. The van der Waals surface area contributed by atoms with Crippen LogP contribution in [0.3, 0.4) is 0 Å². The average Bonchev–Trinajstić information content (AvgIpc) is 3.07. The maximum absolute atomic E-state index is 14.9. The van der Waals surface area contributed by atoms with Gasteiger partial charge in [0.25, 0.3) is 5.91 Å². The van der Waals surface area contributed by atoms with Crippen molar-refractivity contribution in [3.8, 4) is 0 Å². The molecule has 3 aromatic carbocycles. The Bertz CT molecular complexity index is 1540. The number of hydrogen-bond donors (Lipinski definition) is 0. The molecule has 0 bridgehead atoms. The van der Waals surface area contributed by atoms with Gasteiger partial charge in [-0.1, -0.05) is 24.3 Å². The van der Waals surface area contributed by atoms with Crippen LogP contribution in [0.1, 0.15) is 44.4 Å². The summed E-state index contributed by atoms with van der Waals surface area (Å²) in [5.74, 6) is -1.84. The van der Waals surface area contributed by atoms with Gasteiger partial charge in [0.2, 0.25) is 5.76 Å². The van der Waals surface area contributed by atoms with Crippen molar-refractivity contribution in [2.75, 3.05) is 4.90 Å². The number of alkyl halides is 3. The highest BCUT2D eigenvalue weighted by Gasteiger charge is 2.45. The van der Waals surface area contributed by atoms with Crippen LogP contribution in [-0.4, -0.2) is 5.91 Å². The van der Waals surface area contributed by atoms with E-state index in [2.05, 4.69) is 0 Å². The number of hydrogen-bond acceptors (Lipinski definition) is 3. The molecule has 0 spiro atoms. The van der Waals surface area contributed by atoms with Crippen LogP contribution in [0.15, 0.2) is 69.9 Å². The molecule has 0 saturated carbocycles. The summed E-state index contributed by atoms with van der Waals surface area (Å²) in [7, 11) is 0. The van der Waals surface area contributed by atoms with Gasteiger partial charge in [-0.05, 0) is 61.4 Å². The van der Waals surface area contributed by atoms with Gasteiger partial charge in [-0.25, -0.2) is 4.39 Å². The fraction of sp³-hybridized carbons (Fsp3) is 0.154. The van der Waals surface area contributed by atoms with Crippen LogP contribution in [0, 0.1) is 19.7 Å². The zero-order valence-electron chi connectivity index (χ0n) is 18.0. The molecule has 1 atom stereocenters. The Morgan fingerprint density at radius 3 is 2.32 bits per heavy atom. The van der Waals surface area contributed by atoms with Gasteiger partial charge in [0.1, 0.15) is 11.4 Å². The molecule has 5 rings (SSSR count). The molecule has 4 nitrogen and oxygen atoms in total. The van der Waals surface area contributed by atoms with E-state index >= 15 is 0 Å². The molecule has 0 aliphatic carbocycles. The van der Waals surface area contributed by atoms with Gasteiger partial charge in [-0.15, -0.1) is 0 Å². The minimum Gasteiger partial charge on any atom is -0.450 e. The lowest BCUT2D eigenvalue weighted by atomic mass is 9.96. The van der Waals surface area contributed by atoms with Gasteiger partial charge >= 0.3 is 6.18 Å². The molecule has 1 aliphatic heterocycles. The summed E-state index contributed by atoms with van der Waals surface area (Å²) in [6, 6.07) is 11.6. The lowest BCUT2D eigenvalue weighted by molar-refractivity contribution is -0.137. The van der Waals surface area contributed by atoms with Gasteiger partial charge in [0, 0.05) is 11.3 Å². The van der Waals surface area contributed by atoms with Crippen molar-refractivity contribution in [3.63, 3.8) is 0 Å². The van der Waals surface area contributed by atoms with Crippen molar-refractivity contribution in [3.05, 3.63) is 110 Å². The Labute approximate surface area is 191 Å². The van der Waals surface area contributed by atoms with Crippen molar-refractivity contribution in [2.24, 2.45) is 0 Å². The zero-order valence-corrected chi connectivity index (χ0v) is 18.0. The van der Waals surface area contributed by atoms with Crippen LogP contribution in [-0.2, 0) is 6.18 Å². The fourth-order valence-electron chi connectivity index (χ4n) is 4.32. The number of anilines is 1. The lowest BCUT2D eigenvalue weighted by Gasteiger charge is -2.26. The Morgan fingerprint density at radius 2 is 1.62 bits per heavy atom. The SMILES string of the molecule is Cc1cc2oc3c(c(=O)c2cc1C)C(c1ccccc1F)N(c1cccc(C(F)(F)F)c1)C3=O. The molecule has 1 aromatic heterocycles. The van der Waals surface area contributed by atoms with Gasteiger partial charge in [-0.3, -0.25) is 14.5 Å². The second kappa shape index (κ2) is 7.55. The Kier molecular flexibility index (Phi) is 4.86. The van der Waals surface area contributed by atoms with Crippen molar-refractivity contribution < 1.29 is 26.8 Å². The lowest BCUT2D eigenvalue weighted by Crippen LogP contribution is -2.30. The quantitative estimate of drug-likeness (QED) is 0.324. The molecule has 0 N–H and O–H groups in total. The first-order valence-corrected chi connectivity index (χ1v) is 10.4. The largest absolute Gasteiger partial charge is 0.450 e. The number of rotatable bonds is 2. The predicted octanol–water partition coefficient (Wildman–Crippen LogP) is 6.32. The summed E-state index contributed by atoms with van der Waals surface area (Å²) in [4.78, 5) is 28.1. The minimum atomic E-state index is -4.66. The van der Waals surface area contributed by atoms with Crippen LogP contribution in [0.5, 0.6) is 0 Å². The summed E-state index contributed by atoms with van der Waals surface area (Å²) in [6.07, 6.45) is -4.66. The third kappa shape index (κ3) is 3.29. The van der Waals surface area contributed by atoms with Crippen LogP contribution in [0.2, 0.25) is 0 Å². The summed E-state index contributed by atoms with van der Waals surface area (Å²) in [6.45, 7) is 3.64. The standard InChI is InChI=1S/C26H17F4NO3/c1-13-10-18-20(11-14(13)2)34-24-21(23(18)32)22(17-8-3-4-9-19(17)27)31(25(24)33)16-7-5-6-15(12-16)26(28,29)30/h3-12,22H,1-2H3.